The predicted molar refractivity (Wildman–Crippen MR) is 89.1 cm³/mol. The lowest BCUT2D eigenvalue weighted by Gasteiger charge is -2.10. The molecule has 0 aliphatic heterocycles. The molecule has 0 fully saturated rings. The molecule has 2 heterocycles. The highest BCUT2D eigenvalue weighted by Crippen LogP contribution is 2.29. The van der Waals surface area contributed by atoms with Crippen molar-refractivity contribution in [2.24, 2.45) is 0 Å². The average Bonchev–Trinajstić information content (AvgIpc) is 3.09. The normalized spacial score (nSPS) is 11.5. The van der Waals surface area contributed by atoms with E-state index in [9.17, 15) is 4.79 Å². The van der Waals surface area contributed by atoms with E-state index in [0.29, 0.717) is 0 Å². The van der Waals surface area contributed by atoms with Crippen LogP contribution in [0.25, 0.3) is 21.8 Å². The summed E-state index contributed by atoms with van der Waals surface area (Å²) in [4.78, 5) is 19.0. The molecule has 0 spiro atoms. The van der Waals surface area contributed by atoms with Gasteiger partial charge in [-0.05, 0) is 42.0 Å². The van der Waals surface area contributed by atoms with Gasteiger partial charge in [0.25, 0.3) is 0 Å². The first-order chi connectivity index (χ1) is 10.7. The largest absolute Gasteiger partial charge is 0.357 e. The minimum Gasteiger partial charge on any atom is -0.357 e. The Balaban J connectivity index is 1.88. The second kappa shape index (κ2) is 4.88. The van der Waals surface area contributed by atoms with Gasteiger partial charge in [0.15, 0.2) is 0 Å². The van der Waals surface area contributed by atoms with Crippen molar-refractivity contribution in [2.75, 3.05) is 0 Å². The molecule has 0 atom stereocenters. The van der Waals surface area contributed by atoms with Crippen molar-refractivity contribution in [1.29, 1.82) is 0 Å². The Kier molecular flexibility index (Phi) is 2.86. The van der Waals surface area contributed by atoms with Crippen LogP contribution in [0.3, 0.4) is 0 Å². The van der Waals surface area contributed by atoms with Gasteiger partial charge < -0.3 is 9.97 Å². The Bertz CT molecular complexity index is 837. The Hall–Kier alpha value is -2.81. The smallest absolute Gasteiger partial charge is 0.144 e. The van der Waals surface area contributed by atoms with Crippen LogP contribution < -0.4 is 0 Å². The van der Waals surface area contributed by atoms with Gasteiger partial charge in [-0.3, -0.25) is 4.79 Å². The first-order valence-corrected chi connectivity index (χ1v) is 7.38. The Morgan fingerprint density at radius 1 is 0.818 bits per heavy atom. The Labute approximate surface area is 128 Å². The van der Waals surface area contributed by atoms with E-state index in [-0.39, 0.29) is 11.7 Å². The third kappa shape index (κ3) is 2.02. The van der Waals surface area contributed by atoms with Crippen molar-refractivity contribution in [2.45, 2.75) is 12.8 Å². The molecule has 0 saturated carbocycles. The van der Waals surface area contributed by atoms with Gasteiger partial charge >= 0.3 is 0 Å². The van der Waals surface area contributed by atoms with Gasteiger partial charge in [0.2, 0.25) is 0 Å². The molecule has 4 rings (SSSR count). The second-order valence-corrected chi connectivity index (χ2v) is 5.67. The van der Waals surface area contributed by atoms with E-state index < -0.39 is 0 Å². The van der Waals surface area contributed by atoms with Crippen LogP contribution in [-0.4, -0.2) is 15.8 Å². The third-order valence-corrected chi connectivity index (χ3v) is 4.13. The number of hydrogen-bond donors (Lipinski definition) is 2. The number of ketones is 1. The van der Waals surface area contributed by atoms with Crippen molar-refractivity contribution >= 4 is 27.6 Å². The topological polar surface area (TPSA) is 48.6 Å². The molecule has 22 heavy (non-hydrogen) atoms. The summed E-state index contributed by atoms with van der Waals surface area (Å²) in [6.45, 7) is 1.64. The molecule has 0 radical (unpaired) electrons. The van der Waals surface area contributed by atoms with Gasteiger partial charge in [-0.2, -0.15) is 0 Å². The quantitative estimate of drug-likeness (QED) is 0.578. The molecular formula is C19H16N2O. The van der Waals surface area contributed by atoms with Crippen LogP contribution in [-0.2, 0) is 4.79 Å². The maximum Gasteiger partial charge on any atom is 0.144 e. The summed E-state index contributed by atoms with van der Waals surface area (Å²) in [6.07, 6.45) is 0. The molecule has 2 aromatic heterocycles. The fraction of sp³-hybridized carbons (Fsp3) is 0.105. The number of para-hydroxylation sites is 2. The third-order valence-electron chi connectivity index (χ3n) is 4.13. The lowest BCUT2D eigenvalue weighted by atomic mass is 9.97. The van der Waals surface area contributed by atoms with Gasteiger partial charge in [-0.15, -0.1) is 0 Å². The predicted octanol–water partition coefficient (Wildman–Crippen LogP) is 4.37. The van der Waals surface area contributed by atoms with Crippen molar-refractivity contribution in [3.05, 3.63) is 72.1 Å². The summed E-state index contributed by atoms with van der Waals surface area (Å²) >= 11 is 0. The van der Waals surface area contributed by atoms with Gasteiger partial charge in [-0.1, -0.05) is 36.4 Å². The van der Waals surface area contributed by atoms with Crippen molar-refractivity contribution in [3.8, 4) is 0 Å². The number of hydrogen-bond acceptors (Lipinski definition) is 1. The SMILES string of the molecule is CC(=O)C(c1cc2ccccc2[nH]1)c1cc2ccccc2[nH]1. The lowest BCUT2D eigenvalue weighted by Crippen LogP contribution is -2.11. The zero-order chi connectivity index (χ0) is 15.1. The molecule has 108 valence electrons. The number of carbonyl (C=O) groups excluding carboxylic acids is 1. The molecule has 4 aromatic rings. The molecular weight excluding hydrogens is 272 g/mol. The first kappa shape index (κ1) is 12.9. The zero-order valence-corrected chi connectivity index (χ0v) is 12.3. The van der Waals surface area contributed by atoms with Gasteiger partial charge in [0, 0.05) is 22.4 Å². The number of fused-ring (bicyclic) bond motifs is 2. The van der Waals surface area contributed by atoms with E-state index in [2.05, 4.69) is 34.2 Å². The number of benzene rings is 2. The number of aromatic nitrogens is 2. The van der Waals surface area contributed by atoms with Gasteiger partial charge in [0.05, 0.1) is 5.92 Å². The molecule has 0 saturated heterocycles. The maximum atomic E-state index is 12.3. The van der Waals surface area contributed by atoms with E-state index in [0.717, 1.165) is 33.2 Å². The minimum absolute atomic E-state index is 0.123. The Morgan fingerprint density at radius 3 is 1.68 bits per heavy atom. The van der Waals surface area contributed by atoms with Crippen molar-refractivity contribution in [3.63, 3.8) is 0 Å². The molecule has 0 aliphatic rings. The highest BCUT2D eigenvalue weighted by atomic mass is 16.1. The molecule has 0 unspecified atom stereocenters. The highest BCUT2D eigenvalue weighted by Gasteiger charge is 2.23. The molecule has 3 nitrogen and oxygen atoms in total. The van der Waals surface area contributed by atoms with Crippen LogP contribution in [0.5, 0.6) is 0 Å². The maximum absolute atomic E-state index is 12.3. The fourth-order valence-electron chi connectivity index (χ4n) is 3.11. The summed E-state index contributed by atoms with van der Waals surface area (Å²) in [6, 6.07) is 20.3. The standard InChI is InChI=1S/C19H16N2O/c1-12(22)19(17-10-13-6-2-4-8-15(13)20-17)18-11-14-7-3-5-9-16(14)21-18/h2-11,19-21H,1H3. The Morgan fingerprint density at radius 2 is 1.27 bits per heavy atom. The summed E-state index contributed by atoms with van der Waals surface area (Å²) in [5.41, 5.74) is 3.97. The van der Waals surface area contributed by atoms with E-state index in [1.807, 2.05) is 36.4 Å². The monoisotopic (exact) mass is 288 g/mol. The van der Waals surface area contributed by atoms with Crippen LogP contribution >= 0.6 is 0 Å². The summed E-state index contributed by atoms with van der Waals surface area (Å²) < 4.78 is 0. The van der Waals surface area contributed by atoms with Gasteiger partial charge in [0.1, 0.15) is 5.78 Å². The fourth-order valence-corrected chi connectivity index (χ4v) is 3.11. The average molecular weight is 288 g/mol. The van der Waals surface area contributed by atoms with E-state index in [4.69, 9.17) is 0 Å². The van der Waals surface area contributed by atoms with Crippen molar-refractivity contribution in [1.82, 2.24) is 9.97 Å². The number of carbonyl (C=O) groups is 1. The summed E-state index contributed by atoms with van der Waals surface area (Å²) in [5.74, 6) is -0.169. The number of Topliss-reactive ketones (excluding diaryl/α,β-unsaturated/α-hetero) is 1. The van der Waals surface area contributed by atoms with Crippen LogP contribution in [0.2, 0.25) is 0 Å². The number of H-pyrrole nitrogens is 2. The lowest BCUT2D eigenvalue weighted by molar-refractivity contribution is -0.117. The van der Waals surface area contributed by atoms with Crippen LogP contribution in [0.15, 0.2) is 60.7 Å². The van der Waals surface area contributed by atoms with Gasteiger partial charge in [-0.25, -0.2) is 0 Å². The molecule has 2 aromatic carbocycles. The molecule has 0 aliphatic carbocycles. The first-order valence-electron chi connectivity index (χ1n) is 7.38. The number of rotatable bonds is 3. The van der Waals surface area contributed by atoms with Crippen LogP contribution in [0, 0.1) is 0 Å². The highest BCUT2D eigenvalue weighted by molar-refractivity contribution is 5.91. The van der Waals surface area contributed by atoms with E-state index >= 15 is 0 Å². The van der Waals surface area contributed by atoms with E-state index in [1.54, 1.807) is 6.92 Å². The molecule has 0 bridgehead atoms. The summed E-state index contributed by atoms with van der Waals surface area (Å²) in [5, 5.41) is 2.25. The minimum atomic E-state index is -0.292. The van der Waals surface area contributed by atoms with Crippen LogP contribution in [0.4, 0.5) is 0 Å². The summed E-state index contributed by atoms with van der Waals surface area (Å²) in [7, 11) is 0. The van der Waals surface area contributed by atoms with E-state index in [1.165, 1.54) is 0 Å². The second-order valence-electron chi connectivity index (χ2n) is 5.67. The van der Waals surface area contributed by atoms with Crippen molar-refractivity contribution < 1.29 is 4.79 Å². The molecule has 0 amide bonds. The number of nitrogens with one attached hydrogen (secondary N) is 2. The number of aromatic amines is 2. The molecule has 3 heteroatoms. The molecule has 2 N–H and O–H groups in total. The zero-order valence-electron chi connectivity index (χ0n) is 12.3. The van der Waals surface area contributed by atoms with Crippen LogP contribution in [0.1, 0.15) is 24.2 Å².